The van der Waals surface area contributed by atoms with Gasteiger partial charge < -0.3 is 19.9 Å². The fourth-order valence-electron chi connectivity index (χ4n) is 6.17. The van der Waals surface area contributed by atoms with E-state index in [0.29, 0.717) is 24.0 Å². The predicted molar refractivity (Wildman–Crippen MR) is 122 cm³/mol. The summed E-state index contributed by atoms with van der Waals surface area (Å²) in [5.74, 6) is 0.678. The predicted octanol–water partition coefficient (Wildman–Crippen LogP) is 4.30. The van der Waals surface area contributed by atoms with E-state index in [-0.39, 0.29) is 17.0 Å². The number of amidine groups is 1. The lowest BCUT2D eigenvalue weighted by molar-refractivity contribution is -0.0148. The van der Waals surface area contributed by atoms with Gasteiger partial charge in [-0.1, -0.05) is 12.1 Å². The zero-order valence-corrected chi connectivity index (χ0v) is 18.7. The molecule has 2 aliphatic carbocycles. The van der Waals surface area contributed by atoms with E-state index in [2.05, 4.69) is 24.3 Å². The quantitative estimate of drug-likeness (QED) is 0.783. The molecule has 2 aromatic carbocycles. The van der Waals surface area contributed by atoms with Crippen molar-refractivity contribution >= 4 is 6.02 Å². The normalized spacial score (nSPS) is 28.7. The molecular formula is C26H29N3O3. The van der Waals surface area contributed by atoms with Gasteiger partial charge in [0.1, 0.15) is 11.3 Å². The van der Waals surface area contributed by atoms with Crippen molar-refractivity contribution in [1.82, 2.24) is 0 Å². The Kier molecular flexibility index (Phi) is 5.10. The summed E-state index contributed by atoms with van der Waals surface area (Å²) in [7, 11) is 3.43. The molecule has 1 aliphatic heterocycles. The van der Waals surface area contributed by atoms with Gasteiger partial charge >= 0.3 is 0 Å². The van der Waals surface area contributed by atoms with Crippen molar-refractivity contribution in [2.45, 2.75) is 50.2 Å². The molecule has 5 rings (SSSR count). The summed E-state index contributed by atoms with van der Waals surface area (Å²) in [6, 6.07) is 14.8. The highest BCUT2D eigenvalue weighted by Crippen LogP contribution is 2.62. The fourth-order valence-corrected chi connectivity index (χ4v) is 6.17. The molecule has 0 bridgehead atoms. The number of rotatable bonds is 3. The number of nitrogens with two attached hydrogens (primary N) is 1. The second-order valence-corrected chi connectivity index (χ2v) is 9.23. The van der Waals surface area contributed by atoms with E-state index < -0.39 is 0 Å². The Morgan fingerprint density at radius 2 is 1.91 bits per heavy atom. The molecule has 0 radical (unpaired) electrons. The first kappa shape index (κ1) is 20.8. The average molecular weight is 432 g/mol. The molecule has 6 heteroatoms. The molecule has 2 N–H and O–H groups in total. The number of nitrogens with zero attached hydrogens (tertiary/aromatic N) is 2. The van der Waals surface area contributed by atoms with Crippen LogP contribution in [0.3, 0.4) is 0 Å². The van der Waals surface area contributed by atoms with Gasteiger partial charge in [-0.3, -0.25) is 0 Å². The highest BCUT2D eigenvalue weighted by molar-refractivity contribution is 5.75. The van der Waals surface area contributed by atoms with E-state index >= 15 is 0 Å². The van der Waals surface area contributed by atoms with E-state index in [0.717, 1.165) is 49.7 Å². The second-order valence-electron chi connectivity index (χ2n) is 9.23. The lowest BCUT2D eigenvalue weighted by Crippen LogP contribution is -2.49. The lowest BCUT2D eigenvalue weighted by atomic mass is 9.60. The molecule has 166 valence electrons. The molecule has 1 atom stereocenters. The molecule has 1 heterocycles. The van der Waals surface area contributed by atoms with Gasteiger partial charge in [0.15, 0.2) is 0 Å². The van der Waals surface area contributed by atoms with Crippen LogP contribution in [0, 0.1) is 16.7 Å². The summed E-state index contributed by atoms with van der Waals surface area (Å²) < 4.78 is 16.7. The van der Waals surface area contributed by atoms with Crippen LogP contribution in [0.1, 0.15) is 48.8 Å². The fraction of sp³-hybridized carbons (Fsp3) is 0.462. The van der Waals surface area contributed by atoms with E-state index in [1.807, 2.05) is 19.2 Å². The molecule has 1 unspecified atom stereocenters. The summed E-state index contributed by atoms with van der Waals surface area (Å²) in [5, 5.41) is 9.46. The first-order valence-electron chi connectivity index (χ1n) is 11.3. The molecule has 0 aromatic heterocycles. The third-order valence-electron chi connectivity index (χ3n) is 7.80. The molecule has 0 saturated heterocycles. The Bertz CT molecular complexity index is 1110. The number of aliphatic imine (C=N–C) groups is 1. The zero-order chi connectivity index (χ0) is 22.3. The van der Waals surface area contributed by atoms with Gasteiger partial charge in [0.05, 0.1) is 31.5 Å². The monoisotopic (exact) mass is 431 g/mol. The van der Waals surface area contributed by atoms with Gasteiger partial charge in [-0.05, 0) is 78.6 Å². The Morgan fingerprint density at radius 1 is 1.09 bits per heavy atom. The molecule has 1 saturated carbocycles. The Balaban J connectivity index is 1.63. The van der Waals surface area contributed by atoms with Crippen molar-refractivity contribution in [2.24, 2.45) is 16.1 Å². The van der Waals surface area contributed by atoms with Crippen molar-refractivity contribution in [1.29, 1.82) is 5.26 Å². The minimum atomic E-state index is -0.379. The largest absolute Gasteiger partial charge is 0.497 e. The van der Waals surface area contributed by atoms with E-state index in [4.69, 9.17) is 24.9 Å². The van der Waals surface area contributed by atoms with Crippen LogP contribution in [0.25, 0.3) is 11.1 Å². The molecule has 0 amide bonds. The topological polar surface area (TPSA) is 89.9 Å². The van der Waals surface area contributed by atoms with E-state index in [1.165, 1.54) is 11.1 Å². The van der Waals surface area contributed by atoms with Gasteiger partial charge in [0, 0.05) is 18.9 Å². The van der Waals surface area contributed by atoms with Crippen molar-refractivity contribution < 1.29 is 14.2 Å². The van der Waals surface area contributed by atoms with Crippen LogP contribution in [0.4, 0.5) is 0 Å². The number of benzene rings is 2. The minimum absolute atomic E-state index is 0.0313. The van der Waals surface area contributed by atoms with Crippen molar-refractivity contribution in [3.8, 4) is 22.9 Å². The van der Waals surface area contributed by atoms with E-state index in [1.54, 1.807) is 13.2 Å². The first-order valence-corrected chi connectivity index (χ1v) is 11.3. The Morgan fingerprint density at radius 3 is 2.59 bits per heavy atom. The van der Waals surface area contributed by atoms with Gasteiger partial charge in [-0.15, -0.1) is 0 Å². The number of ether oxygens (including phenoxy) is 3. The van der Waals surface area contributed by atoms with Crippen LogP contribution in [0.15, 0.2) is 41.4 Å². The van der Waals surface area contributed by atoms with Crippen LogP contribution in [-0.2, 0) is 21.4 Å². The van der Waals surface area contributed by atoms with Crippen LogP contribution in [0.2, 0.25) is 0 Å². The smallest absolute Gasteiger partial charge is 0.282 e. The third-order valence-corrected chi connectivity index (χ3v) is 7.80. The summed E-state index contributed by atoms with van der Waals surface area (Å²) in [5.41, 5.74) is 11.0. The van der Waals surface area contributed by atoms with Gasteiger partial charge in [0.25, 0.3) is 6.02 Å². The maximum atomic E-state index is 9.46. The van der Waals surface area contributed by atoms with Crippen LogP contribution in [-0.4, -0.2) is 33.0 Å². The van der Waals surface area contributed by atoms with Crippen molar-refractivity contribution in [3.63, 3.8) is 0 Å². The summed E-state index contributed by atoms with van der Waals surface area (Å²) in [6.07, 6.45) is 6.34. The Labute approximate surface area is 189 Å². The van der Waals surface area contributed by atoms with Crippen LogP contribution in [0.5, 0.6) is 5.75 Å². The summed E-state index contributed by atoms with van der Waals surface area (Å²) >= 11 is 0. The molecular weight excluding hydrogens is 402 g/mol. The van der Waals surface area contributed by atoms with E-state index in [9.17, 15) is 5.26 Å². The first-order chi connectivity index (χ1) is 15.5. The number of methoxy groups -OCH3 is 2. The average Bonchev–Trinajstić information content (AvgIpc) is 3.06. The molecule has 2 spiro atoms. The van der Waals surface area contributed by atoms with Crippen LogP contribution < -0.4 is 10.5 Å². The molecule has 32 heavy (non-hydrogen) atoms. The zero-order valence-electron chi connectivity index (χ0n) is 18.7. The lowest BCUT2D eigenvalue weighted by Gasteiger charge is -2.49. The number of hydrogen-bond acceptors (Lipinski definition) is 6. The standard InChI is InChI=1S/C26H29N3O3/c1-30-21-5-7-25(8-6-21)15-19-4-3-18(20-11-17(16-27)12-22(13-20)31-2)14-23(19)26(25)9-10-32-24(28)29-26/h3-4,11-14,21H,5-10,15H2,1-2H3,(H2,28,29). The molecule has 1 fully saturated rings. The van der Waals surface area contributed by atoms with Crippen molar-refractivity contribution in [2.75, 3.05) is 20.8 Å². The summed E-state index contributed by atoms with van der Waals surface area (Å²) in [6.45, 7) is 0.576. The SMILES string of the molecule is COc1cc(C#N)cc(-c2ccc3c(c2)C2(CCOC(N)=N2)C2(CCC(OC)CC2)C3)c1. The number of nitriles is 1. The van der Waals surface area contributed by atoms with Crippen LogP contribution >= 0.6 is 0 Å². The number of fused-ring (bicyclic) bond motifs is 3. The molecule has 3 aliphatic rings. The maximum absolute atomic E-state index is 9.46. The molecule has 2 aromatic rings. The summed E-state index contributed by atoms with van der Waals surface area (Å²) in [4.78, 5) is 5.04. The van der Waals surface area contributed by atoms with Gasteiger partial charge in [0.2, 0.25) is 0 Å². The highest BCUT2D eigenvalue weighted by atomic mass is 16.5. The maximum Gasteiger partial charge on any atom is 0.282 e. The molecule has 6 nitrogen and oxygen atoms in total. The minimum Gasteiger partial charge on any atom is -0.497 e. The van der Waals surface area contributed by atoms with Gasteiger partial charge in [-0.2, -0.15) is 5.26 Å². The van der Waals surface area contributed by atoms with Crippen molar-refractivity contribution in [3.05, 3.63) is 53.1 Å². The second kappa shape index (κ2) is 7.83. The Hall–Kier alpha value is -3.04. The highest BCUT2D eigenvalue weighted by Gasteiger charge is 2.59. The number of hydrogen-bond donors (Lipinski definition) is 1. The third kappa shape index (κ3) is 3.15. The van der Waals surface area contributed by atoms with Gasteiger partial charge in [-0.25, -0.2) is 4.99 Å².